The molecule has 0 radical (unpaired) electrons. The number of halogens is 1. The molecule has 0 unspecified atom stereocenters. The molecule has 0 bridgehead atoms. The van der Waals surface area contributed by atoms with Crippen LogP contribution < -0.4 is 4.74 Å². The van der Waals surface area contributed by atoms with Crippen LogP contribution in [0.5, 0.6) is 5.75 Å². The van der Waals surface area contributed by atoms with Gasteiger partial charge in [-0.25, -0.2) is 4.79 Å². The molecule has 3 heteroatoms. The molecule has 0 aliphatic heterocycles. The molecule has 0 aliphatic rings. The Balaban J connectivity index is 2.29. The second-order valence-electron chi connectivity index (χ2n) is 4.86. The van der Waals surface area contributed by atoms with Crippen molar-refractivity contribution in [1.29, 1.82) is 0 Å². The standard InChI is InChI=1S/C16H15ClO2/c1-16(2,12-6-4-3-5-7-12)13-8-10-14(11-9-13)19-15(17)18/h3-11H,1-2H3. The van der Waals surface area contributed by atoms with E-state index in [1.165, 1.54) is 5.56 Å². The molecule has 0 saturated carbocycles. The average molecular weight is 275 g/mol. The monoisotopic (exact) mass is 274 g/mol. The number of carbonyl (C=O) groups excluding carboxylic acids is 1. The lowest BCUT2D eigenvalue weighted by Gasteiger charge is -2.26. The Kier molecular flexibility index (Phi) is 3.91. The predicted molar refractivity (Wildman–Crippen MR) is 76.9 cm³/mol. The van der Waals surface area contributed by atoms with Gasteiger partial charge in [0.15, 0.2) is 0 Å². The van der Waals surface area contributed by atoms with Crippen LogP contribution in [0.2, 0.25) is 0 Å². The molecular weight excluding hydrogens is 260 g/mol. The molecule has 0 heterocycles. The molecule has 0 fully saturated rings. The molecule has 19 heavy (non-hydrogen) atoms. The summed E-state index contributed by atoms with van der Waals surface area (Å²) in [5.41, 5.74) is 1.45. The van der Waals surface area contributed by atoms with E-state index in [2.05, 4.69) is 26.0 Å². The van der Waals surface area contributed by atoms with Crippen LogP contribution in [0.15, 0.2) is 54.6 Å². The van der Waals surface area contributed by atoms with E-state index in [9.17, 15) is 4.79 Å². The maximum Gasteiger partial charge on any atom is 0.409 e. The Morgan fingerprint density at radius 3 is 2.00 bits per heavy atom. The number of carbonyl (C=O) groups is 1. The quantitative estimate of drug-likeness (QED) is 0.755. The lowest BCUT2D eigenvalue weighted by molar-refractivity contribution is 0.225. The Morgan fingerprint density at radius 1 is 0.947 bits per heavy atom. The highest BCUT2D eigenvalue weighted by Gasteiger charge is 2.22. The van der Waals surface area contributed by atoms with Crippen LogP contribution in [-0.2, 0) is 5.41 Å². The van der Waals surface area contributed by atoms with Crippen molar-refractivity contribution in [3.8, 4) is 5.75 Å². The molecule has 2 aromatic carbocycles. The summed E-state index contributed by atoms with van der Waals surface area (Å²) >= 11 is 5.18. The van der Waals surface area contributed by atoms with Crippen molar-refractivity contribution >= 4 is 17.0 Å². The zero-order valence-corrected chi connectivity index (χ0v) is 11.6. The van der Waals surface area contributed by atoms with Gasteiger partial charge in [0.25, 0.3) is 0 Å². The molecule has 98 valence electrons. The SMILES string of the molecule is CC(C)(c1ccccc1)c1ccc(OC(=O)Cl)cc1. The third kappa shape index (κ3) is 3.15. The van der Waals surface area contributed by atoms with E-state index in [0.29, 0.717) is 5.75 Å². The minimum absolute atomic E-state index is 0.106. The van der Waals surface area contributed by atoms with E-state index in [-0.39, 0.29) is 5.41 Å². The van der Waals surface area contributed by atoms with Crippen molar-refractivity contribution in [2.24, 2.45) is 0 Å². The largest absolute Gasteiger partial charge is 0.415 e. The van der Waals surface area contributed by atoms with Gasteiger partial charge in [0, 0.05) is 17.0 Å². The lowest BCUT2D eigenvalue weighted by Crippen LogP contribution is -2.18. The highest BCUT2D eigenvalue weighted by Crippen LogP contribution is 2.32. The van der Waals surface area contributed by atoms with Crippen LogP contribution in [0.3, 0.4) is 0 Å². The van der Waals surface area contributed by atoms with Crippen molar-refractivity contribution in [3.63, 3.8) is 0 Å². The normalized spacial score (nSPS) is 11.1. The van der Waals surface area contributed by atoms with Gasteiger partial charge in [-0.15, -0.1) is 0 Å². The van der Waals surface area contributed by atoms with Gasteiger partial charge >= 0.3 is 5.43 Å². The Hall–Kier alpha value is -1.80. The second kappa shape index (κ2) is 5.45. The molecule has 0 aromatic heterocycles. The van der Waals surface area contributed by atoms with Crippen molar-refractivity contribution in [3.05, 3.63) is 65.7 Å². The summed E-state index contributed by atoms with van der Waals surface area (Å²) in [7, 11) is 0. The van der Waals surface area contributed by atoms with Crippen molar-refractivity contribution in [2.45, 2.75) is 19.3 Å². The van der Waals surface area contributed by atoms with Crippen LogP contribution in [0.25, 0.3) is 0 Å². The Morgan fingerprint density at radius 2 is 1.47 bits per heavy atom. The van der Waals surface area contributed by atoms with Crippen molar-refractivity contribution < 1.29 is 9.53 Å². The number of hydrogen-bond acceptors (Lipinski definition) is 2. The summed E-state index contributed by atoms with van der Waals surface area (Å²) in [6.45, 7) is 4.32. The van der Waals surface area contributed by atoms with Crippen LogP contribution in [0, 0.1) is 0 Å². The molecule has 0 atom stereocenters. The molecule has 0 saturated heterocycles. The molecule has 2 nitrogen and oxygen atoms in total. The minimum atomic E-state index is -0.824. The van der Waals surface area contributed by atoms with E-state index in [4.69, 9.17) is 16.3 Å². The maximum atomic E-state index is 10.7. The van der Waals surface area contributed by atoms with Gasteiger partial charge in [-0.2, -0.15) is 0 Å². The zero-order valence-electron chi connectivity index (χ0n) is 10.9. The van der Waals surface area contributed by atoms with E-state index in [1.54, 1.807) is 12.1 Å². The Labute approximate surface area is 118 Å². The molecule has 0 N–H and O–H groups in total. The van der Waals surface area contributed by atoms with E-state index in [1.807, 2.05) is 30.3 Å². The lowest BCUT2D eigenvalue weighted by atomic mass is 9.78. The third-order valence-electron chi connectivity index (χ3n) is 3.27. The van der Waals surface area contributed by atoms with Gasteiger partial charge in [-0.3, -0.25) is 0 Å². The second-order valence-corrected chi connectivity index (χ2v) is 5.16. The summed E-state index contributed by atoms with van der Waals surface area (Å²) in [6, 6.07) is 17.7. The molecule has 0 aliphatic carbocycles. The summed E-state index contributed by atoms with van der Waals surface area (Å²) in [5, 5.41) is 0. The highest BCUT2D eigenvalue weighted by atomic mass is 35.5. The highest BCUT2D eigenvalue weighted by molar-refractivity contribution is 6.61. The molecular formula is C16H15ClO2. The number of benzene rings is 2. The van der Waals surface area contributed by atoms with Crippen LogP contribution in [0.1, 0.15) is 25.0 Å². The maximum absolute atomic E-state index is 10.7. The van der Waals surface area contributed by atoms with E-state index >= 15 is 0 Å². The summed E-state index contributed by atoms with van der Waals surface area (Å²) < 4.78 is 4.81. The van der Waals surface area contributed by atoms with Crippen molar-refractivity contribution in [2.75, 3.05) is 0 Å². The first-order valence-corrected chi connectivity index (χ1v) is 6.41. The van der Waals surface area contributed by atoms with Crippen LogP contribution in [0.4, 0.5) is 4.79 Å². The van der Waals surface area contributed by atoms with Gasteiger partial charge in [0.2, 0.25) is 0 Å². The minimum Gasteiger partial charge on any atom is -0.415 e. The molecule has 0 spiro atoms. The van der Waals surface area contributed by atoms with Gasteiger partial charge in [0.05, 0.1) is 0 Å². The van der Waals surface area contributed by atoms with Gasteiger partial charge in [-0.1, -0.05) is 56.3 Å². The summed E-state index contributed by atoms with van der Waals surface area (Å²) in [4.78, 5) is 10.7. The van der Waals surface area contributed by atoms with Gasteiger partial charge in [-0.05, 0) is 23.3 Å². The first-order chi connectivity index (χ1) is 9.00. The van der Waals surface area contributed by atoms with E-state index < -0.39 is 5.43 Å². The smallest absolute Gasteiger partial charge is 0.409 e. The van der Waals surface area contributed by atoms with Gasteiger partial charge < -0.3 is 4.74 Å². The Bertz CT molecular complexity index is 559. The fraction of sp³-hybridized carbons (Fsp3) is 0.188. The fourth-order valence-electron chi connectivity index (χ4n) is 2.05. The molecule has 0 amide bonds. The average Bonchev–Trinajstić information content (AvgIpc) is 2.40. The first-order valence-electron chi connectivity index (χ1n) is 6.03. The van der Waals surface area contributed by atoms with Gasteiger partial charge in [0.1, 0.15) is 5.75 Å². The number of rotatable bonds is 3. The molecule has 2 rings (SSSR count). The fourth-order valence-corrected chi connectivity index (χ4v) is 2.14. The van der Waals surface area contributed by atoms with Crippen LogP contribution in [-0.4, -0.2) is 5.43 Å². The molecule has 2 aromatic rings. The number of hydrogen-bond donors (Lipinski definition) is 0. The third-order valence-corrected chi connectivity index (χ3v) is 3.35. The van der Waals surface area contributed by atoms with Crippen LogP contribution >= 0.6 is 11.6 Å². The first kappa shape index (κ1) is 13.6. The topological polar surface area (TPSA) is 26.3 Å². The predicted octanol–water partition coefficient (Wildman–Crippen LogP) is 4.75. The summed E-state index contributed by atoms with van der Waals surface area (Å²) in [6.07, 6.45) is 0. The van der Waals surface area contributed by atoms with Crippen molar-refractivity contribution in [1.82, 2.24) is 0 Å². The van der Waals surface area contributed by atoms with E-state index in [0.717, 1.165) is 5.56 Å². The summed E-state index contributed by atoms with van der Waals surface area (Å²) in [5.74, 6) is 0.451. The number of ether oxygens (including phenoxy) is 1. The zero-order chi connectivity index (χ0) is 13.9.